The van der Waals surface area contributed by atoms with Crippen LogP contribution in [0.25, 0.3) is 28.3 Å². The number of fused-ring (bicyclic) bond motifs is 1. The Hall–Kier alpha value is -2.86. The van der Waals surface area contributed by atoms with Crippen LogP contribution in [0.1, 0.15) is 23.1 Å². The molecule has 115 valence electrons. The summed E-state index contributed by atoms with van der Waals surface area (Å²) in [5.74, 6) is 0. The fraction of sp³-hybridized carbons (Fsp3) is 0.0417. The summed E-state index contributed by atoms with van der Waals surface area (Å²) in [5, 5.41) is 0. The van der Waals surface area contributed by atoms with Crippen LogP contribution in [-0.4, -0.2) is 0 Å². The Morgan fingerprint density at radius 2 is 1.29 bits per heavy atom. The lowest BCUT2D eigenvalue weighted by molar-refractivity contribution is 1.41. The van der Waals surface area contributed by atoms with Gasteiger partial charge in [-0.15, -0.1) is 0 Å². The molecule has 3 aromatic carbocycles. The summed E-state index contributed by atoms with van der Waals surface area (Å²) in [6.45, 7) is 4.08. The Morgan fingerprint density at radius 3 is 2.04 bits per heavy atom. The zero-order chi connectivity index (χ0) is 16.4. The summed E-state index contributed by atoms with van der Waals surface area (Å²) in [4.78, 5) is 0. The molecule has 0 N–H and O–H groups in total. The Labute approximate surface area is 143 Å². The molecule has 0 bridgehead atoms. The van der Waals surface area contributed by atoms with E-state index in [1.165, 1.54) is 39.0 Å². The first-order valence-electron chi connectivity index (χ1n) is 8.32. The molecule has 0 nitrogen and oxygen atoms in total. The van der Waals surface area contributed by atoms with E-state index in [9.17, 15) is 0 Å². The highest BCUT2D eigenvalue weighted by Crippen LogP contribution is 2.38. The molecule has 0 fully saturated rings. The molecule has 0 heteroatoms. The van der Waals surface area contributed by atoms with Gasteiger partial charge in [0.1, 0.15) is 0 Å². The number of hydrogen-bond acceptors (Lipinski definition) is 0. The molecule has 1 aliphatic carbocycles. The minimum Gasteiger partial charge on any atom is -0.0622 e. The zero-order valence-electron chi connectivity index (χ0n) is 13.6. The molecule has 0 spiro atoms. The quantitative estimate of drug-likeness (QED) is 0.517. The van der Waals surface area contributed by atoms with Crippen molar-refractivity contribution in [3.63, 3.8) is 0 Å². The molecule has 0 amide bonds. The third kappa shape index (κ3) is 2.61. The van der Waals surface area contributed by atoms with Crippen molar-refractivity contribution in [2.24, 2.45) is 0 Å². The van der Waals surface area contributed by atoms with Crippen LogP contribution < -0.4 is 0 Å². The van der Waals surface area contributed by atoms with Crippen LogP contribution in [-0.2, 0) is 0 Å². The van der Waals surface area contributed by atoms with Crippen molar-refractivity contribution in [3.05, 3.63) is 109 Å². The van der Waals surface area contributed by atoms with E-state index in [-0.39, 0.29) is 0 Å². The molecule has 4 rings (SSSR count). The second-order valence-electron chi connectivity index (χ2n) is 6.02. The van der Waals surface area contributed by atoms with Crippen molar-refractivity contribution in [2.45, 2.75) is 6.42 Å². The van der Waals surface area contributed by atoms with Crippen molar-refractivity contribution in [2.75, 3.05) is 0 Å². The third-order valence-corrected chi connectivity index (χ3v) is 4.54. The Kier molecular flexibility index (Phi) is 3.88. The molecule has 0 saturated heterocycles. The smallest absolute Gasteiger partial charge is 0.0108 e. The van der Waals surface area contributed by atoms with E-state index in [1.54, 1.807) is 0 Å². The van der Waals surface area contributed by atoms with Gasteiger partial charge in [0, 0.05) is 0 Å². The van der Waals surface area contributed by atoms with E-state index < -0.39 is 0 Å². The van der Waals surface area contributed by atoms with Gasteiger partial charge in [0.15, 0.2) is 0 Å². The molecule has 1 radical (unpaired) electrons. The van der Waals surface area contributed by atoms with Gasteiger partial charge >= 0.3 is 0 Å². The number of rotatable bonds is 3. The number of hydrogen-bond donors (Lipinski definition) is 0. The predicted molar refractivity (Wildman–Crippen MR) is 104 cm³/mol. The van der Waals surface area contributed by atoms with Gasteiger partial charge in [-0.25, -0.2) is 0 Å². The van der Waals surface area contributed by atoms with E-state index >= 15 is 0 Å². The summed E-state index contributed by atoms with van der Waals surface area (Å²) >= 11 is 0. The first kappa shape index (κ1) is 14.7. The highest BCUT2D eigenvalue weighted by Gasteiger charge is 2.16. The maximum Gasteiger partial charge on any atom is -0.0108 e. The Balaban J connectivity index is 1.85. The molecule has 1 aliphatic rings. The minimum atomic E-state index is 0.814. The van der Waals surface area contributed by atoms with Crippen molar-refractivity contribution in [1.82, 2.24) is 0 Å². The maximum absolute atomic E-state index is 4.08. The largest absolute Gasteiger partial charge is 0.0622 e. The zero-order valence-corrected chi connectivity index (χ0v) is 13.6. The molecule has 0 atom stereocenters. The van der Waals surface area contributed by atoms with Crippen molar-refractivity contribution in [3.8, 4) is 11.1 Å². The Bertz CT molecular complexity index is 927. The normalized spacial score (nSPS) is 14.5. The van der Waals surface area contributed by atoms with E-state index in [2.05, 4.69) is 97.9 Å². The van der Waals surface area contributed by atoms with Crippen molar-refractivity contribution >= 4 is 17.2 Å². The van der Waals surface area contributed by atoms with Gasteiger partial charge in [-0.3, -0.25) is 0 Å². The van der Waals surface area contributed by atoms with Crippen LogP contribution >= 0.6 is 0 Å². The van der Waals surface area contributed by atoms with Gasteiger partial charge in [-0.2, -0.15) is 0 Å². The lowest BCUT2D eigenvalue weighted by Gasteiger charge is -2.08. The van der Waals surface area contributed by atoms with Crippen LogP contribution in [0.2, 0.25) is 0 Å². The van der Waals surface area contributed by atoms with Crippen molar-refractivity contribution in [1.29, 1.82) is 0 Å². The fourth-order valence-corrected chi connectivity index (χ4v) is 3.36. The monoisotopic (exact) mass is 307 g/mol. The summed E-state index contributed by atoms with van der Waals surface area (Å²) in [6, 6.07) is 27.7. The van der Waals surface area contributed by atoms with Gasteiger partial charge in [0.2, 0.25) is 0 Å². The number of allylic oxidation sites excluding steroid dienone is 3. The van der Waals surface area contributed by atoms with Gasteiger partial charge in [0.25, 0.3) is 0 Å². The highest BCUT2D eigenvalue weighted by molar-refractivity contribution is 6.02. The average molecular weight is 307 g/mol. The predicted octanol–water partition coefficient (Wildman–Crippen LogP) is 6.52. The van der Waals surface area contributed by atoms with Gasteiger partial charge in [0.05, 0.1) is 0 Å². The first-order valence-corrected chi connectivity index (χ1v) is 8.32. The summed E-state index contributed by atoms with van der Waals surface area (Å²) in [7, 11) is 0. The summed E-state index contributed by atoms with van der Waals surface area (Å²) < 4.78 is 0. The summed E-state index contributed by atoms with van der Waals surface area (Å²) in [5.41, 5.74) is 8.96. The van der Waals surface area contributed by atoms with Crippen LogP contribution in [0.3, 0.4) is 0 Å². The molecule has 0 saturated carbocycles. The van der Waals surface area contributed by atoms with E-state index in [0.717, 1.165) is 6.42 Å². The topological polar surface area (TPSA) is 0 Å². The molecule has 0 heterocycles. The third-order valence-electron chi connectivity index (χ3n) is 4.54. The lowest BCUT2D eigenvalue weighted by Crippen LogP contribution is -1.85. The van der Waals surface area contributed by atoms with Crippen LogP contribution in [0.4, 0.5) is 0 Å². The standard InChI is InChI=1S/C24H19/c1-2-18-16-21(24-15-9-8-14-23(18)24)17-20-12-6-7-13-22(20)19-10-4-3-5-11-19/h3-17H,1-2H2. The Morgan fingerprint density at radius 1 is 0.667 bits per heavy atom. The van der Waals surface area contributed by atoms with Crippen molar-refractivity contribution < 1.29 is 0 Å². The second kappa shape index (κ2) is 6.33. The van der Waals surface area contributed by atoms with Gasteiger partial charge < -0.3 is 0 Å². The SMILES string of the molecule is [CH2]CC1=CC(=Cc2ccccc2-c2ccccc2)c2ccccc21. The molecule has 0 aromatic heterocycles. The fourth-order valence-electron chi connectivity index (χ4n) is 3.36. The molecular weight excluding hydrogens is 288 g/mol. The molecule has 3 aromatic rings. The summed E-state index contributed by atoms with van der Waals surface area (Å²) in [6.07, 6.45) is 5.39. The van der Waals surface area contributed by atoms with Gasteiger partial charge in [-0.05, 0) is 58.4 Å². The minimum absolute atomic E-state index is 0.814. The van der Waals surface area contributed by atoms with E-state index in [4.69, 9.17) is 0 Å². The average Bonchev–Trinajstić information content (AvgIpc) is 3.01. The van der Waals surface area contributed by atoms with Gasteiger partial charge in [-0.1, -0.05) is 84.9 Å². The second-order valence-corrected chi connectivity index (χ2v) is 6.02. The number of benzene rings is 3. The molecule has 0 unspecified atom stereocenters. The maximum atomic E-state index is 4.08. The van der Waals surface area contributed by atoms with Crippen LogP contribution in [0.5, 0.6) is 0 Å². The molecule has 24 heavy (non-hydrogen) atoms. The molecule has 0 aliphatic heterocycles. The highest BCUT2D eigenvalue weighted by atomic mass is 14.2. The lowest BCUT2D eigenvalue weighted by atomic mass is 9.96. The van der Waals surface area contributed by atoms with Crippen LogP contribution in [0, 0.1) is 6.92 Å². The first-order chi connectivity index (χ1) is 11.9. The van der Waals surface area contributed by atoms with Crippen LogP contribution in [0.15, 0.2) is 84.9 Å². The molecular formula is C24H19. The van der Waals surface area contributed by atoms with E-state index in [0.29, 0.717) is 0 Å². The van der Waals surface area contributed by atoms with E-state index in [1.807, 2.05) is 0 Å².